The third-order valence-corrected chi connectivity index (χ3v) is 3.26. The van der Waals surface area contributed by atoms with Crippen molar-refractivity contribution in [2.24, 2.45) is 5.73 Å². The van der Waals surface area contributed by atoms with E-state index in [0.29, 0.717) is 5.82 Å². The predicted octanol–water partition coefficient (Wildman–Crippen LogP) is -2.70. The number of fused-ring (bicyclic) bond motifs is 1. The Balaban J connectivity index is 2.08. The number of nitrogens with zero attached hydrogens (tertiary/aromatic N) is 5. The molecule has 3 aromatic rings. The topological polar surface area (TPSA) is 138 Å². The number of nitrogens with two attached hydrogens (primary N) is 2. The van der Waals surface area contributed by atoms with Crippen molar-refractivity contribution in [3.8, 4) is 0 Å². The summed E-state index contributed by atoms with van der Waals surface area (Å²) in [5.74, 6) is 0.106. The van der Waals surface area contributed by atoms with Gasteiger partial charge in [0.2, 0.25) is 13.9 Å². The molecule has 3 heterocycles. The molecule has 0 unspecified atom stereocenters. The summed E-state index contributed by atoms with van der Waals surface area (Å²) in [6, 6.07) is 1.80. The third-order valence-electron chi connectivity index (χ3n) is 3.26. The van der Waals surface area contributed by atoms with E-state index in [9.17, 15) is 4.79 Å². The van der Waals surface area contributed by atoms with Crippen molar-refractivity contribution in [3.63, 3.8) is 0 Å². The fraction of sp³-hybridized carbons (Fsp3) is 0. The molecule has 0 fully saturated rings. The van der Waals surface area contributed by atoms with Crippen molar-refractivity contribution in [2.45, 2.75) is 0 Å². The van der Waals surface area contributed by atoms with E-state index >= 15 is 0 Å². The minimum Gasteiger partial charge on any atom is -0.368 e. The summed E-state index contributed by atoms with van der Waals surface area (Å²) in [4.78, 5) is 23.6. The number of aromatic nitrogens is 5. The Labute approximate surface area is 127 Å². The number of nitrogen functional groups attached to an aromatic ring is 1. The molecule has 0 spiro atoms. The Morgan fingerprint density at radius 3 is 2.82 bits per heavy atom. The SMILES string of the molecule is Bc1nc(Nc2nc(N)ncc2C(N)=O)cc2c1cnn2B. The zero-order valence-corrected chi connectivity index (χ0v) is 12.0. The van der Waals surface area contributed by atoms with E-state index in [2.05, 4.69) is 25.4 Å². The average Bonchev–Trinajstić information content (AvgIpc) is 2.81. The van der Waals surface area contributed by atoms with Gasteiger partial charge in [-0.15, -0.1) is 0 Å². The van der Waals surface area contributed by atoms with Crippen LogP contribution < -0.4 is 22.4 Å². The van der Waals surface area contributed by atoms with Crippen LogP contribution >= 0.6 is 0 Å². The van der Waals surface area contributed by atoms with Gasteiger partial charge in [-0.05, 0) is 0 Å². The molecule has 22 heavy (non-hydrogen) atoms. The Kier molecular flexibility index (Phi) is 3.17. The average molecular weight is 294 g/mol. The molecule has 0 radical (unpaired) electrons. The van der Waals surface area contributed by atoms with E-state index in [1.54, 1.807) is 16.9 Å². The fourth-order valence-corrected chi connectivity index (χ4v) is 2.16. The molecule has 3 rings (SSSR count). The first-order valence-corrected chi connectivity index (χ1v) is 6.44. The molecule has 108 valence electrons. The summed E-state index contributed by atoms with van der Waals surface area (Å²) in [5, 5.41) is 8.10. The van der Waals surface area contributed by atoms with E-state index in [-0.39, 0.29) is 17.3 Å². The van der Waals surface area contributed by atoms with Crippen LogP contribution in [-0.4, -0.2) is 46.4 Å². The number of amides is 1. The second-order valence-corrected chi connectivity index (χ2v) is 4.77. The van der Waals surface area contributed by atoms with E-state index in [1.165, 1.54) is 6.20 Å². The lowest BCUT2D eigenvalue weighted by atomic mass is 10.00. The van der Waals surface area contributed by atoms with E-state index < -0.39 is 5.91 Å². The van der Waals surface area contributed by atoms with Gasteiger partial charge in [0, 0.05) is 23.2 Å². The number of pyridine rings is 1. The van der Waals surface area contributed by atoms with Crippen LogP contribution in [0.2, 0.25) is 0 Å². The number of carbonyl (C=O) groups excluding carboxylic acids is 1. The molecule has 0 aliphatic rings. The summed E-state index contributed by atoms with van der Waals surface area (Å²) >= 11 is 0. The molecule has 0 saturated heterocycles. The van der Waals surface area contributed by atoms with Gasteiger partial charge in [0.05, 0.1) is 11.7 Å². The van der Waals surface area contributed by atoms with Crippen LogP contribution in [0.15, 0.2) is 18.5 Å². The highest BCUT2D eigenvalue weighted by Gasteiger charge is 2.13. The maximum atomic E-state index is 11.4. The molecular formula is C11H12B2N8O. The van der Waals surface area contributed by atoms with Gasteiger partial charge in [-0.1, -0.05) is 0 Å². The van der Waals surface area contributed by atoms with Crippen molar-refractivity contribution in [2.75, 3.05) is 11.1 Å². The molecule has 9 nitrogen and oxygen atoms in total. The van der Waals surface area contributed by atoms with Crippen molar-refractivity contribution in [1.82, 2.24) is 24.6 Å². The van der Waals surface area contributed by atoms with Crippen LogP contribution in [0, 0.1) is 0 Å². The minimum atomic E-state index is -0.652. The van der Waals surface area contributed by atoms with Gasteiger partial charge < -0.3 is 21.4 Å². The summed E-state index contributed by atoms with van der Waals surface area (Å²) in [5.41, 5.74) is 12.7. The van der Waals surface area contributed by atoms with Gasteiger partial charge in [0.1, 0.15) is 17.2 Å². The first-order chi connectivity index (χ1) is 10.5. The standard InChI is InChI=1S/C11H12B2N8O/c12-8-4-3-17-21(13)6(4)1-7(18-8)19-10-5(9(14)22)2-16-11(15)20-10/h1-3H,12-13H2,(H2,14,22)(H3,15,16,18,19,20). The quantitative estimate of drug-likeness (QED) is 0.447. The lowest BCUT2D eigenvalue weighted by Gasteiger charge is -2.10. The molecule has 5 N–H and O–H groups in total. The number of nitrogens with one attached hydrogen (secondary N) is 1. The van der Waals surface area contributed by atoms with E-state index in [4.69, 9.17) is 11.5 Å². The molecule has 1 amide bonds. The zero-order valence-electron chi connectivity index (χ0n) is 12.0. The van der Waals surface area contributed by atoms with Crippen LogP contribution in [-0.2, 0) is 0 Å². The molecular weight excluding hydrogens is 282 g/mol. The molecule has 3 aromatic heterocycles. The molecule has 0 saturated carbocycles. The second-order valence-electron chi connectivity index (χ2n) is 4.77. The third kappa shape index (κ3) is 2.32. The summed E-state index contributed by atoms with van der Waals surface area (Å²) < 4.78 is 1.73. The summed E-state index contributed by atoms with van der Waals surface area (Å²) in [7, 11) is 3.71. The predicted molar refractivity (Wildman–Crippen MR) is 87.9 cm³/mol. The van der Waals surface area contributed by atoms with Crippen molar-refractivity contribution in [3.05, 3.63) is 24.0 Å². The normalized spacial score (nSPS) is 10.7. The molecule has 0 bridgehead atoms. The Bertz CT molecular complexity index is 893. The van der Waals surface area contributed by atoms with Crippen LogP contribution in [0.1, 0.15) is 10.4 Å². The molecule has 11 heteroatoms. The maximum Gasteiger partial charge on any atom is 0.254 e. The van der Waals surface area contributed by atoms with Gasteiger partial charge in [0.15, 0.2) is 7.85 Å². The highest BCUT2D eigenvalue weighted by molar-refractivity contribution is 6.37. The van der Waals surface area contributed by atoms with Crippen molar-refractivity contribution in [1.29, 1.82) is 0 Å². The monoisotopic (exact) mass is 294 g/mol. The van der Waals surface area contributed by atoms with Crippen LogP contribution in [0.4, 0.5) is 17.6 Å². The molecule has 0 aliphatic heterocycles. The van der Waals surface area contributed by atoms with Crippen LogP contribution in [0.25, 0.3) is 10.9 Å². The first-order valence-electron chi connectivity index (χ1n) is 6.44. The minimum absolute atomic E-state index is 0.0332. The molecule has 0 atom stereocenters. The largest absolute Gasteiger partial charge is 0.368 e. The van der Waals surface area contributed by atoms with Crippen molar-refractivity contribution < 1.29 is 4.79 Å². The Morgan fingerprint density at radius 2 is 2.09 bits per heavy atom. The van der Waals surface area contributed by atoms with Gasteiger partial charge in [-0.25, -0.2) is 9.97 Å². The van der Waals surface area contributed by atoms with E-state index in [1.807, 2.05) is 15.8 Å². The molecule has 0 aromatic carbocycles. The lowest BCUT2D eigenvalue weighted by molar-refractivity contribution is 0.100. The van der Waals surface area contributed by atoms with Gasteiger partial charge in [0.25, 0.3) is 5.91 Å². The number of hydrogen-bond donors (Lipinski definition) is 3. The number of anilines is 3. The number of primary amides is 1. The number of carbonyl (C=O) groups is 1. The van der Waals surface area contributed by atoms with Crippen LogP contribution in [0.5, 0.6) is 0 Å². The van der Waals surface area contributed by atoms with Crippen molar-refractivity contribution >= 4 is 55.8 Å². The summed E-state index contributed by atoms with van der Waals surface area (Å²) in [6.45, 7) is 0. The second kappa shape index (κ2) is 5.02. The highest BCUT2D eigenvalue weighted by atomic mass is 16.1. The Hall–Kier alpha value is -3.10. The Morgan fingerprint density at radius 1 is 1.32 bits per heavy atom. The zero-order chi connectivity index (χ0) is 15.9. The number of rotatable bonds is 3. The maximum absolute atomic E-state index is 11.4. The van der Waals surface area contributed by atoms with E-state index in [0.717, 1.165) is 16.5 Å². The van der Waals surface area contributed by atoms with Gasteiger partial charge in [-0.3, -0.25) is 4.79 Å². The number of hydrogen-bond acceptors (Lipinski definition) is 7. The first kappa shape index (κ1) is 13.9. The smallest absolute Gasteiger partial charge is 0.254 e. The van der Waals surface area contributed by atoms with Crippen LogP contribution in [0.3, 0.4) is 0 Å². The fourth-order valence-electron chi connectivity index (χ4n) is 2.16. The van der Waals surface area contributed by atoms with Gasteiger partial charge >= 0.3 is 0 Å². The molecule has 0 aliphatic carbocycles. The lowest BCUT2D eigenvalue weighted by Crippen LogP contribution is -2.17. The summed E-state index contributed by atoms with van der Waals surface area (Å²) in [6.07, 6.45) is 3.03. The van der Waals surface area contributed by atoms with Gasteiger partial charge in [-0.2, -0.15) is 10.1 Å². The highest BCUT2D eigenvalue weighted by Crippen LogP contribution is 2.19.